The number of thioether (sulfide) groups is 1. The third kappa shape index (κ3) is 6.21. The highest BCUT2D eigenvalue weighted by Crippen LogP contribution is 2.18. The number of amides is 2. The molecule has 1 aliphatic rings. The van der Waals surface area contributed by atoms with Crippen LogP contribution in [0, 0.1) is 5.92 Å². The Bertz CT molecular complexity index is 670. The van der Waals surface area contributed by atoms with Crippen molar-refractivity contribution in [3.8, 4) is 0 Å². The number of carboxylic acid groups (broad SMARTS) is 1. The number of piperidine rings is 1. The van der Waals surface area contributed by atoms with E-state index in [0.717, 1.165) is 5.56 Å². The van der Waals surface area contributed by atoms with Crippen LogP contribution in [-0.2, 0) is 20.1 Å². The van der Waals surface area contributed by atoms with Crippen molar-refractivity contribution >= 4 is 41.1 Å². The molecule has 1 atom stereocenters. The minimum absolute atomic E-state index is 0.0249. The number of likely N-dealkylation sites (tertiary alicyclic amines) is 1. The van der Waals surface area contributed by atoms with Crippen molar-refractivity contribution in [2.45, 2.75) is 18.6 Å². The van der Waals surface area contributed by atoms with Gasteiger partial charge in [0.25, 0.3) is 0 Å². The van der Waals surface area contributed by atoms with Crippen LogP contribution < -0.4 is 0 Å². The molecule has 6 nitrogen and oxygen atoms in total. The van der Waals surface area contributed by atoms with Gasteiger partial charge in [-0.2, -0.15) is 0 Å². The van der Waals surface area contributed by atoms with Gasteiger partial charge in [-0.3, -0.25) is 14.4 Å². The summed E-state index contributed by atoms with van der Waals surface area (Å²) in [5.41, 5.74) is 1.04. The van der Waals surface area contributed by atoms with Gasteiger partial charge in [0.1, 0.15) is 0 Å². The van der Waals surface area contributed by atoms with Gasteiger partial charge >= 0.3 is 5.97 Å². The Labute approximate surface area is 162 Å². The number of likely N-dealkylation sites (N-methyl/N-ethyl adjacent to an activating group) is 1. The molecule has 1 unspecified atom stereocenters. The number of aliphatic carboxylic acids is 1. The van der Waals surface area contributed by atoms with Gasteiger partial charge in [-0.25, -0.2) is 0 Å². The molecule has 1 heterocycles. The van der Waals surface area contributed by atoms with Crippen LogP contribution >= 0.6 is 23.4 Å². The standard InChI is InChI=1S/C18H23ClN2O4S/c1-20(10-16(22)21-7-3-5-14(9-21)18(24)25)17(23)12-26-11-13-4-2-6-15(19)8-13/h2,4,6,8,14H,3,5,7,9-12H2,1H3,(H,24,25). The molecule has 142 valence electrons. The maximum atomic E-state index is 12.3. The number of rotatable bonds is 7. The van der Waals surface area contributed by atoms with Gasteiger partial charge < -0.3 is 14.9 Å². The molecular formula is C18H23ClN2O4S. The summed E-state index contributed by atoms with van der Waals surface area (Å²) in [5, 5.41) is 9.77. The third-order valence-electron chi connectivity index (χ3n) is 4.30. The molecule has 1 aliphatic heterocycles. The molecule has 2 rings (SSSR count). The molecule has 8 heteroatoms. The zero-order chi connectivity index (χ0) is 19.1. The Morgan fingerprint density at radius 1 is 1.38 bits per heavy atom. The van der Waals surface area contributed by atoms with Crippen molar-refractivity contribution in [3.63, 3.8) is 0 Å². The van der Waals surface area contributed by atoms with Crippen molar-refractivity contribution in [1.29, 1.82) is 0 Å². The molecule has 1 fully saturated rings. The normalized spacial score (nSPS) is 17.0. The van der Waals surface area contributed by atoms with Crippen molar-refractivity contribution in [3.05, 3.63) is 34.9 Å². The predicted molar refractivity (Wildman–Crippen MR) is 102 cm³/mol. The smallest absolute Gasteiger partial charge is 0.308 e. The van der Waals surface area contributed by atoms with Crippen LogP contribution in [0.2, 0.25) is 5.02 Å². The molecule has 0 spiro atoms. The van der Waals surface area contributed by atoms with Gasteiger partial charge in [0.15, 0.2) is 0 Å². The Morgan fingerprint density at radius 3 is 2.85 bits per heavy atom. The van der Waals surface area contributed by atoms with Gasteiger partial charge in [0.05, 0.1) is 18.2 Å². The number of hydrogen-bond donors (Lipinski definition) is 1. The lowest BCUT2D eigenvalue weighted by Crippen LogP contribution is -2.47. The predicted octanol–water partition coefficient (Wildman–Crippen LogP) is 2.35. The highest BCUT2D eigenvalue weighted by molar-refractivity contribution is 7.99. The zero-order valence-corrected chi connectivity index (χ0v) is 16.3. The maximum Gasteiger partial charge on any atom is 0.308 e. The number of nitrogens with zero attached hydrogens (tertiary/aromatic N) is 2. The number of hydrogen-bond acceptors (Lipinski definition) is 4. The Kier molecular flexibility index (Phi) is 7.78. The van der Waals surface area contributed by atoms with Gasteiger partial charge in [0, 0.05) is 30.9 Å². The average molecular weight is 399 g/mol. The Hall–Kier alpha value is -1.73. The first-order valence-electron chi connectivity index (χ1n) is 8.43. The topological polar surface area (TPSA) is 77.9 Å². The van der Waals surface area contributed by atoms with Crippen LogP contribution in [0.5, 0.6) is 0 Å². The summed E-state index contributed by atoms with van der Waals surface area (Å²) in [6.07, 6.45) is 1.27. The number of halogens is 1. The van der Waals surface area contributed by atoms with Gasteiger partial charge in [0.2, 0.25) is 11.8 Å². The highest BCUT2D eigenvalue weighted by Gasteiger charge is 2.28. The van der Waals surface area contributed by atoms with E-state index < -0.39 is 11.9 Å². The summed E-state index contributed by atoms with van der Waals surface area (Å²) < 4.78 is 0. The fourth-order valence-electron chi connectivity index (χ4n) is 2.79. The molecule has 1 aromatic carbocycles. The molecule has 0 saturated carbocycles. The summed E-state index contributed by atoms with van der Waals surface area (Å²) in [6, 6.07) is 7.48. The first-order valence-corrected chi connectivity index (χ1v) is 9.97. The first kappa shape index (κ1) is 20.6. The highest BCUT2D eigenvalue weighted by atomic mass is 35.5. The number of carbonyl (C=O) groups is 3. The molecule has 1 N–H and O–H groups in total. The molecule has 26 heavy (non-hydrogen) atoms. The minimum atomic E-state index is -0.871. The quantitative estimate of drug-likeness (QED) is 0.762. The number of carboxylic acids is 1. The fraction of sp³-hybridized carbons (Fsp3) is 0.500. The lowest BCUT2D eigenvalue weighted by atomic mass is 9.98. The summed E-state index contributed by atoms with van der Waals surface area (Å²) in [4.78, 5) is 38.6. The van der Waals surface area contributed by atoms with E-state index in [2.05, 4.69) is 0 Å². The van der Waals surface area contributed by atoms with Crippen LogP contribution in [0.25, 0.3) is 0 Å². The van der Waals surface area contributed by atoms with E-state index >= 15 is 0 Å². The maximum absolute atomic E-state index is 12.3. The van der Waals surface area contributed by atoms with E-state index in [0.29, 0.717) is 30.2 Å². The first-order chi connectivity index (χ1) is 12.4. The Balaban J connectivity index is 1.75. The van der Waals surface area contributed by atoms with Gasteiger partial charge in [-0.1, -0.05) is 23.7 Å². The van der Waals surface area contributed by atoms with E-state index in [1.807, 2.05) is 18.2 Å². The summed E-state index contributed by atoms with van der Waals surface area (Å²) in [7, 11) is 1.60. The van der Waals surface area contributed by atoms with E-state index in [1.54, 1.807) is 18.0 Å². The van der Waals surface area contributed by atoms with Crippen LogP contribution in [0.15, 0.2) is 24.3 Å². The van der Waals surface area contributed by atoms with E-state index in [9.17, 15) is 14.4 Å². The number of carbonyl (C=O) groups excluding carboxylic acids is 2. The SMILES string of the molecule is CN(CC(=O)N1CCCC(C(=O)O)C1)C(=O)CSCc1cccc(Cl)c1. The van der Waals surface area contributed by atoms with Crippen molar-refractivity contribution in [2.75, 3.05) is 32.4 Å². The second-order valence-electron chi connectivity index (χ2n) is 6.39. The van der Waals surface area contributed by atoms with Crippen LogP contribution in [0.4, 0.5) is 0 Å². The van der Waals surface area contributed by atoms with Crippen LogP contribution in [0.1, 0.15) is 18.4 Å². The lowest BCUT2D eigenvalue weighted by Gasteiger charge is -2.32. The second-order valence-corrected chi connectivity index (χ2v) is 7.81. The second kappa shape index (κ2) is 9.83. The van der Waals surface area contributed by atoms with E-state index in [-0.39, 0.29) is 30.7 Å². The van der Waals surface area contributed by atoms with Gasteiger partial charge in [-0.15, -0.1) is 11.8 Å². The van der Waals surface area contributed by atoms with E-state index in [4.69, 9.17) is 16.7 Å². The molecular weight excluding hydrogens is 376 g/mol. The molecule has 0 aromatic heterocycles. The summed E-state index contributed by atoms with van der Waals surface area (Å²) in [5.74, 6) is -0.774. The minimum Gasteiger partial charge on any atom is -0.481 e. The fourth-order valence-corrected chi connectivity index (χ4v) is 3.91. The molecule has 2 amide bonds. The van der Waals surface area contributed by atoms with Crippen molar-refractivity contribution in [1.82, 2.24) is 9.80 Å². The van der Waals surface area contributed by atoms with E-state index in [1.165, 1.54) is 16.7 Å². The van der Waals surface area contributed by atoms with Crippen LogP contribution in [0.3, 0.4) is 0 Å². The van der Waals surface area contributed by atoms with Crippen LogP contribution in [-0.4, -0.2) is 65.1 Å². The Morgan fingerprint density at radius 2 is 2.15 bits per heavy atom. The molecule has 0 radical (unpaired) electrons. The summed E-state index contributed by atoms with van der Waals surface area (Å²) in [6.45, 7) is 0.747. The molecule has 1 saturated heterocycles. The molecule has 0 bridgehead atoms. The number of benzene rings is 1. The molecule has 1 aromatic rings. The molecule has 0 aliphatic carbocycles. The van der Waals surface area contributed by atoms with Gasteiger partial charge in [-0.05, 0) is 30.5 Å². The average Bonchev–Trinajstić information content (AvgIpc) is 2.61. The monoisotopic (exact) mass is 398 g/mol. The zero-order valence-electron chi connectivity index (χ0n) is 14.7. The third-order valence-corrected chi connectivity index (χ3v) is 5.53. The van der Waals surface area contributed by atoms with Crippen molar-refractivity contribution < 1.29 is 19.5 Å². The largest absolute Gasteiger partial charge is 0.481 e. The van der Waals surface area contributed by atoms with Crippen molar-refractivity contribution in [2.24, 2.45) is 5.92 Å². The lowest BCUT2D eigenvalue weighted by molar-refractivity contribution is -0.147. The summed E-state index contributed by atoms with van der Waals surface area (Å²) >= 11 is 7.40.